The Morgan fingerprint density at radius 2 is 2.30 bits per heavy atom. The number of rotatable bonds is 5. The molecule has 0 aromatic heterocycles. The van der Waals surface area contributed by atoms with Crippen LogP contribution in [0.2, 0.25) is 0 Å². The number of hydrogen-bond acceptors (Lipinski definition) is 2. The number of benzene rings is 1. The van der Waals surface area contributed by atoms with E-state index in [1.807, 2.05) is 6.07 Å². The fraction of sp³-hybridized carbons (Fsp3) is 0.625. The molecule has 2 bridgehead atoms. The van der Waals surface area contributed by atoms with Gasteiger partial charge in [-0.1, -0.05) is 19.1 Å². The summed E-state index contributed by atoms with van der Waals surface area (Å²) in [6, 6.07) is 5.66. The summed E-state index contributed by atoms with van der Waals surface area (Å²) >= 11 is 3.38. The number of halogens is 2. The zero-order chi connectivity index (χ0) is 14.1. The average molecular weight is 342 g/mol. The Kier molecular flexibility index (Phi) is 4.43. The van der Waals surface area contributed by atoms with Crippen LogP contribution in [0.25, 0.3) is 0 Å². The molecule has 2 aliphatic rings. The van der Waals surface area contributed by atoms with Crippen LogP contribution in [-0.2, 0) is 11.2 Å². The Morgan fingerprint density at radius 1 is 1.45 bits per heavy atom. The molecule has 0 radical (unpaired) electrons. The predicted molar refractivity (Wildman–Crippen MR) is 81.3 cm³/mol. The van der Waals surface area contributed by atoms with E-state index in [0.29, 0.717) is 28.6 Å². The summed E-state index contributed by atoms with van der Waals surface area (Å²) in [7, 11) is 0. The lowest BCUT2D eigenvalue weighted by atomic mass is 9.81. The van der Waals surface area contributed by atoms with E-state index in [1.165, 1.54) is 18.9 Å². The molecule has 2 nitrogen and oxygen atoms in total. The Labute approximate surface area is 128 Å². The van der Waals surface area contributed by atoms with Crippen molar-refractivity contribution >= 4 is 15.9 Å². The Hall–Kier alpha value is -0.450. The quantitative estimate of drug-likeness (QED) is 0.882. The van der Waals surface area contributed by atoms with Crippen molar-refractivity contribution in [1.29, 1.82) is 0 Å². The number of fused-ring (bicyclic) bond motifs is 2. The maximum Gasteiger partial charge on any atom is 0.137 e. The molecular formula is C16H21BrFNO. The second-order valence-electron chi connectivity index (χ2n) is 5.85. The molecule has 4 atom stereocenters. The second kappa shape index (κ2) is 6.12. The number of hydrogen-bond donors (Lipinski definition) is 1. The minimum absolute atomic E-state index is 0.179. The third-order valence-corrected chi connectivity index (χ3v) is 5.50. The largest absolute Gasteiger partial charge is 0.375 e. The summed E-state index contributed by atoms with van der Waals surface area (Å²) in [5.74, 6) is 0.380. The zero-order valence-electron chi connectivity index (χ0n) is 11.7. The van der Waals surface area contributed by atoms with Crippen molar-refractivity contribution < 1.29 is 9.13 Å². The molecule has 4 heteroatoms. The first-order chi connectivity index (χ1) is 9.69. The van der Waals surface area contributed by atoms with Crippen LogP contribution in [0.3, 0.4) is 0 Å². The van der Waals surface area contributed by atoms with Crippen molar-refractivity contribution in [3.8, 4) is 0 Å². The molecule has 0 amide bonds. The van der Waals surface area contributed by atoms with Gasteiger partial charge in [0.05, 0.1) is 16.7 Å². The fourth-order valence-corrected chi connectivity index (χ4v) is 4.11. The summed E-state index contributed by atoms with van der Waals surface area (Å²) in [6.45, 7) is 3.06. The van der Waals surface area contributed by atoms with Gasteiger partial charge in [-0.05, 0) is 59.8 Å². The van der Waals surface area contributed by atoms with Gasteiger partial charge in [-0.25, -0.2) is 4.39 Å². The molecule has 0 spiro atoms. The lowest BCUT2D eigenvalue weighted by Gasteiger charge is -2.29. The van der Waals surface area contributed by atoms with Crippen molar-refractivity contribution in [1.82, 2.24) is 5.32 Å². The van der Waals surface area contributed by atoms with Crippen molar-refractivity contribution in [3.63, 3.8) is 0 Å². The first-order valence-corrected chi connectivity index (χ1v) is 8.30. The van der Waals surface area contributed by atoms with Crippen LogP contribution in [0.1, 0.15) is 31.7 Å². The molecule has 2 heterocycles. The van der Waals surface area contributed by atoms with E-state index in [0.717, 1.165) is 24.9 Å². The monoisotopic (exact) mass is 341 g/mol. The van der Waals surface area contributed by atoms with E-state index in [9.17, 15) is 4.39 Å². The van der Waals surface area contributed by atoms with E-state index < -0.39 is 0 Å². The highest BCUT2D eigenvalue weighted by molar-refractivity contribution is 9.10. The van der Waals surface area contributed by atoms with Crippen LogP contribution >= 0.6 is 15.9 Å². The lowest BCUT2D eigenvalue weighted by Crippen LogP contribution is -2.42. The van der Waals surface area contributed by atoms with E-state index in [2.05, 4.69) is 28.2 Å². The van der Waals surface area contributed by atoms with Gasteiger partial charge in [0.1, 0.15) is 5.82 Å². The summed E-state index contributed by atoms with van der Waals surface area (Å²) in [6.07, 6.45) is 5.25. The zero-order valence-corrected chi connectivity index (χ0v) is 13.3. The minimum Gasteiger partial charge on any atom is -0.375 e. The molecule has 110 valence electrons. The van der Waals surface area contributed by atoms with Gasteiger partial charge < -0.3 is 10.1 Å². The van der Waals surface area contributed by atoms with Crippen molar-refractivity contribution in [2.75, 3.05) is 6.54 Å². The Balaban J connectivity index is 1.76. The summed E-state index contributed by atoms with van der Waals surface area (Å²) in [5.41, 5.74) is 1.04. The Bertz CT molecular complexity index is 482. The van der Waals surface area contributed by atoms with Crippen LogP contribution in [0.5, 0.6) is 0 Å². The van der Waals surface area contributed by atoms with Gasteiger partial charge in [-0.15, -0.1) is 0 Å². The van der Waals surface area contributed by atoms with Gasteiger partial charge in [0.25, 0.3) is 0 Å². The predicted octanol–water partition coefficient (Wildman–Crippen LogP) is 3.68. The highest BCUT2D eigenvalue weighted by Crippen LogP contribution is 2.41. The Morgan fingerprint density at radius 3 is 2.95 bits per heavy atom. The molecule has 1 N–H and O–H groups in total. The minimum atomic E-state index is -0.179. The van der Waals surface area contributed by atoms with E-state index in [4.69, 9.17) is 4.74 Å². The molecular weight excluding hydrogens is 321 g/mol. The van der Waals surface area contributed by atoms with Crippen molar-refractivity contribution in [3.05, 3.63) is 34.1 Å². The highest BCUT2D eigenvalue weighted by Gasteiger charge is 2.44. The molecule has 0 saturated carbocycles. The van der Waals surface area contributed by atoms with Crippen molar-refractivity contribution in [2.24, 2.45) is 5.92 Å². The fourth-order valence-electron chi connectivity index (χ4n) is 3.68. The number of likely N-dealkylation sites (N-methyl/N-ethyl adjacent to an activating group) is 1. The van der Waals surface area contributed by atoms with Crippen LogP contribution < -0.4 is 5.32 Å². The molecule has 2 fully saturated rings. The van der Waals surface area contributed by atoms with Gasteiger partial charge in [0, 0.05) is 12.0 Å². The van der Waals surface area contributed by atoms with Crippen LogP contribution in [0, 0.1) is 11.7 Å². The smallest absolute Gasteiger partial charge is 0.137 e. The van der Waals surface area contributed by atoms with Gasteiger partial charge >= 0.3 is 0 Å². The van der Waals surface area contributed by atoms with Crippen LogP contribution in [0.4, 0.5) is 4.39 Å². The van der Waals surface area contributed by atoms with Gasteiger partial charge in [-0.3, -0.25) is 0 Å². The first-order valence-electron chi connectivity index (χ1n) is 7.50. The van der Waals surface area contributed by atoms with E-state index in [1.54, 1.807) is 6.07 Å². The molecule has 1 aromatic carbocycles. The van der Waals surface area contributed by atoms with Crippen LogP contribution in [-0.4, -0.2) is 24.8 Å². The van der Waals surface area contributed by atoms with E-state index >= 15 is 0 Å². The number of nitrogens with one attached hydrogen (secondary N) is 1. The molecule has 0 aliphatic carbocycles. The third kappa shape index (κ3) is 2.78. The number of ether oxygens (including phenoxy) is 1. The van der Waals surface area contributed by atoms with Gasteiger partial charge in [0.2, 0.25) is 0 Å². The highest BCUT2D eigenvalue weighted by atomic mass is 79.9. The normalized spacial score (nSPS) is 29.9. The van der Waals surface area contributed by atoms with Crippen molar-refractivity contribution in [2.45, 2.75) is 50.9 Å². The first kappa shape index (κ1) is 14.5. The molecule has 1 aromatic rings. The van der Waals surface area contributed by atoms with Gasteiger partial charge in [0.15, 0.2) is 0 Å². The maximum absolute atomic E-state index is 13.7. The summed E-state index contributed by atoms with van der Waals surface area (Å²) in [4.78, 5) is 0. The second-order valence-corrected chi connectivity index (χ2v) is 6.65. The molecule has 2 saturated heterocycles. The maximum atomic E-state index is 13.7. The standard InChI is InChI=1S/C16H21BrFNO/c1-2-19-14(12-9-11-6-7-15(12)20-11)8-10-4-3-5-13(18)16(10)17/h3-5,11-12,14-15,19H,2,6-9H2,1H3. The molecule has 3 rings (SSSR count). The van der Waals surface area contributed by atoms with E-state index in [-0.39, 0.29) is 5.82 Å². The average Bonchev–Trinajstić information content (AvgIpc) is 3.05. The summed E-state index contributed by atoms with van der Waals surface area (Å²) < 4.78 is 20.2. The molecule has 4 unspecified atom stereocenters. The topological polar surface area (TPSA) is 21.3 Å². The molecule has 20 heavy (non-hydrogen) atoms. The van der Waals surface area contributed by atoms with Crippen LogP contribution in [0.15, 0.2) is 22.7 Å². The van der Waals surface area contributed by atoms with Gasteiger partial charge in [-0.2, -0.15) is 0 Å². The lowest BCUT2D eigenvalue weighted by molar-refractivity contribution is 0.0858. The third-order valence-electron chi connectivity index (χ3n) is 4.61. The summed E-state index contributed by atoms with van der Waals surface area (Å²) in [5, 5.41) is 3.58. The SMILES string of the molecule is CCNC(Cc1cccc(F)c1Br)C1CC2CCC1O2. The molecule has 2 aliphatic heterocycles.